The lowest BCUT2D eigenvalue weighted by atomic mass is 9.79. The van der Waals surface area contributed by atoms with E-state index >= 15 is 0 Å². The summed E-state index contributed by atoms with van der Waals surface area (Å²) < 4.78 is 0. The first-order valence-corrected chi connectivity index (χ1v) is 7.20. The van der Waals surface area contributed by atoms with Crippen molar-refractivity contribution in [3.05, 3.63) is 29.8 Å². The van der Waals surface area contributed by atoms with Crippen molar-refractivity contribution in [1.29, 1.82) is 0 Å². The lowest BCUT2D eigenvalue weighted by Crippen LogP contribution is -2.38. The summed E-state index contributed by atoms with van der Waals surface area (Å²) in [5.74, 6) is 0.174. The van der Waals surface area contributed by atoms with Gasteiger partial charge in [0.2, 0.25) is 5.91 Å². The zero-order valence-electron chi connectivity index (χ0n) is 12.4. The van der Waals surface area contributed by atoms with E-state index in [2.05, 4.69) is 19.2 Å². The number of benzene rings is 1. The highest BCUT2D eigenvalue weighted by Gasteiger charge is 2.25. The van der Waals surface area contributed by atoms with E-state index in [4.69, 9.17) is 5.11 Å². The number of rotatable bonds is 8. The van der Waals surface area contributed by atoms with Crippen LogP contribution in [0.5, 0.6) is 5.75 Å². The summed E-state index contributed by atoms with van der Waals surface area (Å²) in [6, 6.07) is 6.65. The highest BCUT2D eigenvalue weighted by atomic mass is 16.3. The number of amides is 1. The first kappa shape index (κ1) is 16.5. The molecular formula is C16H25NO3. The molecule has 0 aliphatic carbocycles. The van der Waals surface area contributed by atoms with Gasteiger partial charge in [-0.1, -0.05) is 26.0 Å². The smallest absolute Gasteiger partial charge is 0.224 e. The molecular weight excluding hydrogens is 254 g/mol. The number of aromatic hydroxyl groups is 1. The van der Waals surface area contributed by atoms with Gasteiger partial charge in [-0.05, 0) is 42.4 Å². The highest BCUT2D eigenvalue weighted by Crippen LogP contribution is 2.29. The quantitative estimate of drug-likeness (QED) is 0.683. The summed E-state index contributed by atoms with van der Waals surface area (Å²) in [6.45, 7) is 4.92. The molecule has 0 aromatic heterocycles. The van der Waals surface area contributed by atoms with Crippen molar-refractivity contribution in [3.8, 4) is 5.75 Å². The van der Waals surface area contributed by atoms with Gasteiger partial charge in [0, 0.05) is 13.2 Å². The van der Waals surface area contributed by atoms with Crippen molar-refractivity contribution < 1.29 is 15.0 Å². The van der Waals surface area contributed by atoms with Crippen LogP contribution in [0.1, 0.15) is 38.7 Å². The number of nitrogens with one attached hydrogen (secondary N) is 1. The number of aliphatic hydroxyl groups is 1. The van der Waals surface area contributed by atoms with Crippen LogP contribution in [0.3, 0.4) is 0 Å². The van der Waals surface area contributed by atoms with Gasteiger partial charge in [0.25, 0.3) is 0 Å². The highest BCUT2D eigenvalue weighted by molar-refractivity contribution is 5.78. The molecule has 0 bridgehead atoms. The Labute approximate surface area is 120 Å². The second-order valence-corrected chi connectivity index (χ2v) is 5.30. The number of hydrogen-bond acceptors (Lipinski definition) is 3. The van der Waals surface area contributed by atoms with Crippen LogP contribution in [0.25, 0.3) is 0 Å². The van der Waals surface area contributed by atoms with Crippen LogP contribution in [0.2, 0.25) is 0 Å². The van der Waals surface area contributed by atoms with Gasteiger partial charge in [0.15, 0.2) is 0 Å². The first-order chi connectivity index (χ1) is 9.55. The SMILES string of the molecule is CCC(CC)(CCO)CNC(=O)Cc1ccc(O)cc1. The number of hydrogen-bond donors (Lipinski definition) is 3. The van der Waals surface area contributed by atoms with E-state index in [1.165, 1.54) is 0 Å². The van der Waals surface area contributed by atoms with Crippen molar-refractivity contribution in [2.24, 2.45) is 5.41 Å². The molecule has 0 heterocycles. The molecule has 4 nitrogen and oxygen atoms in total. The van der Waals surface area contributed by atoms with Crippen LogP contribution in [-0.4, -0.2) is 29.3 Å². The number of carbonyl (C=O) groups excluding carboxylic acids is 1. The van der Waals surface area contributed by atoms with E-state index < -0.39 is 0 Å². The molecule has 0 atom stereocenters. The van der Waals surface area contributed by atoms with E-state index in [-0.39, 0.29) is 23.7 Å². The molecule has 0 fully saturated rings. The number of phenolic OH excluding ortho intramolecular Hbond substituents is 1. The normalized spacial score (nSPS) is 11.3. The molecule has 0 spiro atoms. The maximum atomic E-state index is 11.9. The van der Waals surface area contributed by atoms with E-state index in [0.717, 1.165) is 18.4 Å². The maximum absolute atomic E-state index is 11.9. The molecule has 20 heavy (non-hydrogen) atoms. The zero-order chi connectivity index (χ0) is 15.0. The first-order valence-electron chi connectivity index (χ1n) is 7.20. The summed E-state index contributed by atoms with van der Waals surface area (Å²) in [4.78, 5) is 11.9. The van der Waals surface area contributed by atoms with Gasteiger partial charge in [0.05, 0.1) is 6.42 Å². The van der Waals surface area contributed by atoms with Crippen LogP contribution in [0.4, 0.5) is 0 Å². The van der Waals surface area contributed by atoms with Crippen LogP contribution < -0.4 is 5.32 Å². The molecule has 0 radical (unpaired) electrons. The zero-order valence-corrected chi connectivity index (χ0v) is 12.4. The molecule has 1 amide bonds. The summed E-state index contributed by atoms with van der Waals surface area (Å²) in [7, 11) is 0. The van der Waals surface area contributed by atoms with E-state index in [9.17, 15) is 9.90 Å². The summed E-state index contributed by atoms with van der Waals surface area (Å²) in [6.07, 6.45) is 2.88. The topological polar surface area (TPSA) is 69.6 Å². The van der Waals surface area contributed by atoms with E-state index in [0.29, 0.717) is 19.4 Å². The third-order valence-corrected chi connectivity index (χ3v) is 4.10. The molecule has 112 valence electrons. The fourth-order valence-corrected chi connectivity index (χ4v) is 2.33. The lowest BCUT2D eigenvalue weighted by molar-refractivity contribution is -0.121. The average Bonchev–Trinajstić information content (AvgIpc) is 2.46. The minimum Gasteiger partial charge on any atom is -0.508 e. The van der Waals surface area contributed by atoms with Crippen LogP contribution in [-0.2, 0) is 11.2 Å². The van der Waals surface area contributed by atoms with Crippen molar-refractivity contribution in [2.75, 3.05) is 13.2 Å². The Morgan fingerprint density at radius 2 is 1.80 bits per heavy atom. The third-order valence-electron chi connectivity index (χ3n) is 4.10. The second kappa shape index (κ2) is 7.90. The monoisotopic (exact) mass is 279 g/mol. The number of phenols is 1. The molecule has 0 unspecified atom stereocenters. The largest absolute Gasteiger partial charge is 0.508 e. The molecule has 4 heteroatoms. The summed E-state index contributed by atoms with van der Waals surface area (Å²) in [5, 5.41) is 21.3. The molecule has 0 saturated carbocycles. The number of carbonyl (C=O) groups is 1. The standard InChI is InChI=1S/C16H25NO3/c1-3-16(4-2,9-10-18)12-17-15(20)11-13-5-7-14(19)8-6-13/h5-8,18-19H,3-4,9-12H2,1-2H3,(H,17,20). The Bertz CT molecular complexity index is 410. The van der Waals surface area contributed by atoms with Crippen molar-refractivity contribution in [2.45, 2.75) is 39.5 Å². The Morgan fingerprint density at radius 3 is 2.30 bits per heavy atom. The molecule has 3 N–H and O–H groups in total. The van der Waals surface area contributed by atoms with Crippen molar-refractivity contribution >= 4 is 5.91 Å². The minimum atomic E-state index is -0.0279. The fraction of sp³-hybridized carbons (Fsp3) is 0.562. The van der Waals surface area contributed by atoms with Gasteiger partial charge in [-0.25, -0.2) is 0 Å². The number of aliphatic hydroxyl groups excluding tert-OH is 1. The fourth-order valence-electron chi connectivity index (χ4n) is 2.33. The van der Waals surface area contributed by atoms with Crippen molar-refractivity contribution in [1.82, 2.24) is 5.32 Å². The van der Waals surface area contributed by atoms with Crippen molar-refractivity contribution in [3.63, 3.8) is 0 Å². The van der Waals surface area contributed by atoms with Gasteiger partial charge in [-0.15, -0.1) is 0 Å². The van der Waals surface area contributed by atoms with Crippen LogP contribution in [0, 0.1) is 5.41 Å². The molecule has 1 rings (SSSR count). The molecule has 1 aromatic carbocycles. The van der Waals surface area contributed by atoms with Gasteiger partial charge < -0.3 is 15.5 Å². The Hall–Kier alpha value is -1.55. The van der Waals surface area contributed by atoms with Gasteiger partial charge in [-0.3, -0.25) is 4.79 Å². The van der Waals surface area contributed by atoms with Gasteiger partial charge in [0.1, 0.15) is 5.75 Å². The Balaban J connectivity index is 2.51. The van der Waals surface area contributed by atoms with E-state index in [1.807, 2.05) is 0 Å². The Kier molecular flexibility index (Phi) is 6.52. The maximum Gasteiger partial charge on any atom is 0.224 e. The minimum absolute atomic E-state index is 0.0145. The van der Waals surface area contributed by atoms with Gasteiger partial charge in [-0.2, -0.15) is 0 Å². The second-order valence-electron chi connectivity index (χ2n) is 5.30. The summed E-state index contributed by atoms with van der Waals surface area (Å²) >= 11 is 0. The van der Waals surface area contributed by atoms with Gasteiger partial charge >= 0.3 is 0 Å². The average molecular weight is 279 g/mol. The third kappa shape index (κ3) is 4.85. The summed E-state index contributed by atoms with van der Waals surface area (Å²) in [5.41, 5.74) is 0.861. The predicted molar refractivity (Wildman–Crippen MR) is 79.5 cm³/mol. The molecule has 1 aromatic rings. The van der Waals surface area contributed by atoms with E-state index in [1.54, 1.807) is 24.3 Å². The van der Waals surface area contributed by atoms with Crippen LogP contribution >= 0.6 is 0 Å². The lowest BCUT2D eigenvalue weighted by Gasteiger charge is -2.31. The molecule has 0 saturated heterocycles. The molecule has 0 aliphatic rings. The van der Waals surface area contributed by atoms with Crippen LogP contribution in [0.15, 0.2) is 24.3 Å². The Morgan fingerprint density at radius 1 is 1.20 bits per heavy atom. The predicted octanol–water partition coefficient (Wildman–Crippen LogP) is 2.24. The molecule has 0 aliphatic heterocycles.